The van der Waals surface area contributed by atoms with Crippen molar-refractivity contribution in [3.63, 3.8) is 0 Å². The van der Waals surface area contributed by atoms with E-state index in [1.807, 2.05) is 0 Å². The van der Waals surface area contributed by atoms with Gasteiger partial charge in [-0.2, -0.15) is 14.1 Å². The van der Waals surface area contributed by atoms with Crippen LogP contribution < -0.4 is 0 Å². The molecule has 0 aliphatic carbocycles. The first-order chi connectivity index (χ1) is 2.83. The third kappa shape index (κ3) is 73.1. The SMILES string of the molecule is C[N-]C.[Cl][Al+][Cl]. The van der Waals surface area contributed by atoms with Gasteiger partial charge in [-0.3, -0.25) is 0 Å². The first-order valence-corrected chi connectivity index (χ1v) is 4.82. The van der Waals surface area contributed by atoms with E-state index >= 15 is 0 Å². The summed E-state index contributed by atoms with van der Waals surface area (Å²) >= 11 is -0.306. The summed E-state index contributed by atoms with van der Waals surface area (Å²) in [7, 11) is 13.2. The van der Waals surface area contributed by atoms with Crippen molar-refractivity contribution in [2.75, 3.05) is 14.1 Å². The van der Waals surface area contributed by atoms with Crippen molar-refractivity contribution < 1.29 is 0 Å². The third-order valence-corrected chi connectivity index (χ3v) is 0. The maximum absolute atomic E-state index is 4.85. The van der Waals surface area contributed by atoms with Crippen molar-refractivity contribution in [3.8, 4) is 0 Å². The van der Waals surface area contributed by atoms with Crippen LogP contribution in [0.1, 0.15) is 0 Å². The molecule has 4 heteroatoms. The molecule has 0 spiro atoms. The van der Waals surface area contributed by atoms with Crippen LogP contribution in [0.15, 0.2) is 0 Å². The molecular weight excluding hydrogens is 136 g/mol. The molecule has 0 aromatic rings. The minimum atomic E-state index is -0.306. The summed E-state index contributed by atoms with van der Waals surface area (Å²) in [4.78, 5) is 0. The molecule has 0 aromatic carbocycles. The minimum absolute atomic E-state index is 0.306. The summed E-state index contributed by atoms with van der Waals surface area (Å²) in [5.74, 6) is 0. The molecule has 6 heavy (non-hydrogen) atoms. The van der Waals surface area contributed by atoms with E-state index in [1.165, 1.54) is 0 Å². The molecule has 0 saturated carbocycles. The van der Waals surface area contributed by atoms with E-state index in [-0.39, 0.29) is 13.4 Å². The summed E-state index contributed by atoms with van der Waals surface area (Å²) in [5, 5.41) is 3.50. The fourth-order valence-corrected chi connectivity index (χ4v) is 0. The van der Waals surface area contributed by atoms with Crippen molar-refractivity contribution in [2.45, 2.75) is 0 Å². The molecule has 0 bridgehead atoms. The van der Waals surface area contributed by atoms with Crippen LogP contribution in [-0.4, -0.2) is 27.5 Å². The Hall–Kier alpha value is 1.07. The average molecular weight is 142 g/mol. The van der Waals surface area contributed by atoms with E-state index in [4.69, 9.17) is 20.1 Å². The number of hydrogen-bond acceptors (Lipinski definition) is 0. The van der Waals surface area contributed by atoms with Gasteiger partial charge in [0, 0.05) is 0 Å². The molecular formula is C2H6AlCl2N. The molecule has 36 valence electrons. The van der Waals surface area contributed by atoms with E-state index in [0.29, 0.717) is 0 Å². The molecule has 0 aromatic heterocycles. The summed E-state index contributed by atoms with van der Waals surface area (Å²) in [6, 6.07) is 0. The Balaban J connectivity index is 0. The molecule has 0 atom stereocenters. The zero-order valence-electron chi connectivity index (χ0n) is 3.78. The standard InChI is InChI=1S/C2H6N.Al.2ClH/c1-3-2;;;/h1-2H3;;2*1H/q-1;+3;;/p-2. The van der Waals surface area contributed by atoms with E-state index in [9.17, 15) is 0 Å². The molecule has 0 saturated heterocycles. The van der Waals surface area contributed by atoms with E-state index in [0.717, 1.165) is 0 Å². The van der Waals surface area contributed by atoms with Gasteiger partial charge in [-0.05, 0) is 0 Å². The van der Waals surface area contributed by atoms with Crippen molar-refractivity contribution in [1.82, 2.24) is 0 Å². The van der Waals surface area contributed by atoms with Crippen LogP contribution in [0, 0.1) is 0 Å². The molecule has 1 nitrogen and oxygen atoms in total. The molecule has 0 aliphatic rings. The normalized spacial score (nSPS) is 4.67. The number of hydrogen-bond donors (Lipinski definition) is 0. The molecule has 0 rings (SSSR count). The molecule has 0 fully saturated rings. The molecule has 0 aliphatic heterocycles. The fraction of sp³-hybridized carbons (Fsp3) is 1.00. The van der Waals surface area contributed by atoms with Crippen molar-refractivity contribution in [3.05, 3.63) is 5.32 Å². The third-order valence-electron chi connectivity index (χ3n) is 0. The number of halogens is 2. The van der Waals surface area contributed by atoms with Crippen LogP contribution in [0.3, 0.4) is 0 Å². The van der Waals surface area contributed by atoms with Crippen LogP contribution in [0.5, 0.6) is 0 Å². The van der Waals surface area contributed by atoms with E-state index < -0.39 is 0 Å². The summed E-state index contributed by atoms with van der Waals surface area (Å²) in [6.45, 7) is 0. The van der Waals surface area contributed by atoms with Gasteiger partial charge in [0.05, 0.1) is 0 Å². The fourth-order valence-electron chi connectivity index (χ4n) is 0. The van der Waals surface area contributed by atoms with Crippen molar-refractivity contribution in [1.29, 1.82) is 0 Å². The van der Waals surface area contributed by atoms with Gasteiger partial charge in [0.25, 0.3) is 0 Å². The summed E-state index contributed by atoms with van der Waals surface area (Å²) in [5.41, 5.74) is 0. The second-order valence-electron chi connectivity index (χ2n) is 0.530. The molecule has 0 radical (unpaired) electrons. The number of rotatable bonds is 0. The quantitative estimate of drug-likeness (QED) is 0.456. The van der Waals surface area contributed by atoms with Crippen LogP contribution in [-0.2, 0) is 0 Å². The number of nitrogens with zero attached hydrogens (tertiary/aromatic N) is 1. The van der Waals surface area contributed by atoms with Gasteiger partial charge in [-0.1, -0.05) is 0 Å². The Bertz CT molecular complexity index is 13.5. The van der Waals surface area contributed by atoms with Crippen molar-refractivity contribution >= 4 is 33.5 Å². The average Bonchev–Trinajstić information content (AvgIpc) is 1.39. The van der Waals surface area contributed by atoms with Gasteiger partial charge < -0.3 is 5.32 Å². The Morgan fingerprint density at radius 1 is 1.33 bits per heavy atom. The van der Waals surface area contributed by atoms with Crippen LogP contribution in [0.25, 0.3) is 5.32 Å². The topological polar surface area (TPSA) is 14.1 Å². The van der Waals surface area contributed by atoms with Crippen LogP contribution in [0.4, 0.5) is 0 Å². The van der Waals surface area contributed by atoms with Crippen molar-refractivity contribution in [2.24, 2.45) is 0 Å². The van der Waals surface area contributed by atoms with Crippen LogP contribution in [0.2, 0.25) is 0 Å². The Morgan fingerprint density at radius 3 is 1.33 bits per heavy atom. The predicted octanol–water partition coefficient (Wildman–Crippen LogP) is 1.62. The molecule has 0 amide bonds. The van der Waals surface area contributed by atoms with Gasteiger partial charge in [0.1, 0.15) is 0 Å². The second kappa shape index (κ2) is 16.6. The monoisotopic (exact) mass is 141 g/mol. The summed E-state index contributed by atoms with van der Waals surface area (Å²) < 4.78 is 0. The molecule has 0 unspecified atom stereocenters. The summed E-state index contributed by atoms with van der Waals surface area (Å²) in [6.07, 6.45) is 0. The molecule has 0 N–H and O–H groups in total. The maximum atomic E-state index is 4.85. The second-order valence-corrected chi connectivity index (χ2v) is 2.67. The Labute approximate surface area is 53.1 Å². The molecule has 0 heterocycles. The predicted molar refractivity (Wildman–Crippen MR) is 32.7 cm³/mol. The van der Waals surface area contributed by atoms with Gasteiger partial charge in [-0.15, -0.1) is 0 Å². The Morgan fingerprint density at radius 2 is 1.33 bits per heavy atom. The van der Waals surface area contributed by atoms with Gasteiger partial charge in [0.15, 0.2) is 0 Å². The van der Waals surface area contributed by atoms with E-state index in [2.05, 4.69) is 5.32 Å². The van der Waals surface area contributed by atoms with Gasteiger partial charge >= 0.3 is 33.5 Å². The van der Waals surface area contributed by atoms with Gasteiger partial charge in [-0.25, -0.2) is 0 Å². The Kier molecular flexibility index (Phi) is 28.0. The van der Waals surface area contributed by atoms with Crippen LogP contribution >= 0.6 is 20.1 Å². The first kappa shape index (κ1) is 10.1. The van der Waals surface area contributed by atoms with Gasteiger partial charge in [0.2, 0.25) is 0 Å². The first-order valence-electron chi connectivity index (χ1n) is 1.33. The zero-order valence-corrected chi connectivity index (χ0v) is 6.45. The van der Waals surface area contributed by atoms with E-state index in [1.54, 1.807) is 14.1 Å². The zero-order chi connectivity index (χ0) is 5.41.